The second-order valence-electron chi connectivity index (χ2n) is 1.38. The van der Waals surface area contributed by atoms with E-state index in [1.54, 1.807) is 0 Å². The lowest BCUT2D eigenvalue weighted by Crippen LogP contribution is -2.19. The molecule has 0 spiro atoms. The van der Waals surface area contributed by atoms with E-state index in [2.05, 4.69) is 4.74 Å². The lowest BCUT2D eigenvalue weighted by Gasteiger charge is -2.08. The molecule has 5 heteroatoms. The van der Waals surface area contributed by atoms with Crippen LogP contribution in [0.5, 0.6) is 0 Å². The molecule has 0 aromatic heterocycles. The first-order valence-electron chi connectivity index (χ1n) is 2.34. The van der Waals surface area contributed by atoms with Gasteiger partial charge in [0, 0.05) is 6.42 Å². The third-order valence-electron chi connectivity index (χ3n) is 0.582. The summed E-state index contributed by atoms with van der Waals surface area (Å²) in [4.78, 5) is 0. The van der Waals surface area contributed by atoms with E-state index < -0.39 is 12.7 Å². The van der Waals surface area contributed by atoms with Crippen LogP contribution in [0.1, 0.15) is 13.3 Å². The van der Waals surface area contributed by atoms with Gasteiger partial charge in [-0.2, -0.15) is 0 Å². The van der Waals surface area contributed by atoms with Crippen LogP contribution in [0.3, 0.4) is 0 Å². The minimum absolute atomic E-state index is 0.292. The maximum Gasteiger partial charge on any atom is 0.525 e. The average Bonchev–Trinajstić information content (AvgIpc) is 1.62. The zero-order chi connectivity index (χ0) is 7.49. The van der Waals surface area contributed by atoms with Crippen molar-refractivity contribution in [2.75, 3.05) is 0 Å². The van der Waals surface area contributed by atoms with E-state index in [1.807, 2.05) is 0 Å². The molecule has 0 aliphatic rings. The molecular weight excluding hydrogens is 140 g/mol. The molecule has 0 radical (unpaired) electrons. The summed E-state index contributed by atoms with van der Waals surface area (Å²) in [6.07, 6.45) is -7.38. The van der Waals surface area contributed by atoms with Crippen molar-refractivity contribution in [1.29, 1.82) is 0 Å². The summed E-state index contributed by atoms with van der Waals surface area (Å²) in [6, 6.07) is 0. The number of alkyl halides is 4. The predicted molar refractivity (Wildman–Crippen MR) is 22.3 cm³/mol. The lowest BCUT2D eigenvalue weighted by atomic mass is 10.5. The first kappa shape index (κ1) is 8.68. The molecule has 0 saturated heterocycles. The fraction of sp³-hybridized carbons (Fsp3) is 1.00. The van der Waals surface area contributed by atoms with Crippen LogP contribution in [-0.4, -0.2) is 12.7 Å². The normalized spacial score (nSPS) is 15.7. The van der Waals surface area contributed by atoms with Crippen LogP contribution in [0.2, 0.25) is 0 Å². The van der Waals surface area contributed by atoms with Crippen LogP contribution < -0.4 is 0 Å². The van der Waals surface area contributed by atoms with Gasteiger partial charge in [0.15, 0.2) is 0 Å². The number of halogens is 4. The molecule has 0 fully saturated rings. The van der Waals surface area contributed by atoms with E-state index in [9.17, 15) is 17.6 Å². The first-order chi connectivity index (χ1) is 3.95. The van der Waals surface area contributed by atoms with Gasteiger partial charge in [-0.05, 0) is 0 Å². The van der Waals surface area contributed by atoms with Crippen LogP contribution in [-0.2, 0) is 4.74 Å². The molecule has 0 aliphatic carbocycles. The highest BCUT2D eigenvalue weighted by atomic mass is 19.4. The maximum atomic E-state index is 11.7. The molecule has 9 heavy (non-hydrogen) atoms. The molecule has 1 unspecified atom stereocenters. The minimum Gasteiger partial charge on any atom is -0.257 e. The zero-order valence-corrected chi connectivity index (χ0v) is 4.70. The number of ether oxygens (including phenoxy) is 1. The highest BCUT2D eigenvalue weighted by Gasteiger charge is 2.32. The fourth-order valence-electron chi connectivity index (χ4n) is 0.228. The highest BCUT2D eigenvalue weighted by Crippen LogP contribution is 2.20. The van der Waals surface area contributed by atoms with E-state index in [0.717, 1.165) is 0 Å². The summed E-state index contributed by atoms with van der Waals surface area (Å²) in [5.74, 6) is 0. The molecule has 0 saturated carbocycles. The fourth-order valence-corrected chi connectivity index (χ4v) is 0.228. The number of hydrogen-bond acceptors (Lipinski definition) is 1. The van der Waals surface area contributed by atoms with E-state index in [-0.39, 0.29) is 6.42 Å². The van der Waals surface area contributed by atoms with E-state index in [4.69, 9.17) is 0 Å². The van der Waals surface area contributed by atoms with Gasteiger partial charge >= 0.3 is 6.36 Å². The standard InChI is InChI=1S/C4H6F4O/c1-2-3(5)9-4(6,7)8/h3H,2H2,1H3. The van der Waals surface area contributed by atoms with Crippen molar-refractivity contribution >= 4 is 0 Å². The second kappa shape index (κ2) is 3.00. The summed E-state index contributed by atoms with van der Waals surface area (Å²) < 4.78 is 47.7. The number of hydrogen-bond donors (Lipinski definition) is 0. The van der Waals surface area contributed by atoms with Crippen LogP contribution >= 0.6 is 0 Å². The summed E-state index contributed by atoms with van der Waals surface area (Å²) in [7, 11) is 0. The van der Waals surface area contributed by atoms with Crippen molar-refractivity contribution in [2.45, 2.75) is 26.1 Å². The molecule has 1 atom stereocenters. The van der Waals surface area contributed by atoms with Gasteiger partial charge in [0.1, 0.15) is 0 Å². The molecule has 0 heterocycles. The van der Waals surface area contributed by atoms with Crippen molar-refractivity contribution < 1.29 is 22.3 Å². The van der Waals surface area contributed by atoms with Gasteiger partial charge < -0.3 is 0 Å². The van der Waals surface area contributed by atoms with Crippen molar-refractivity contribution in [3.8, 4) is 0 Å². The minimum atomic E-state index is -4.85. The Morgan fingerprint density at radius 2 is 1.89 bits per heavy atom. The topological polar surface area (TPSA) is 9.23 Å². The summed E-state index contributed by atoms with van der Waals surface area (Å²) >= 11 is 0. The first-order valence-corrected chi connectivity index (χ1v) is 2.34. The third-order valence-corrected chi connectivity index (χ3v) is 0.582. The zero-order valence-electron chi connectivity index (χ0n) is 4.70. The van der Waals surface area contributed by atoms with E-state index >= 15 is 0 Å². The molecule has 0 N–H and O–H groups in total. The SMILES string of the molecule is CCC(F)OC(F)(F)F. The highest BCUT2D eigenvalue weighted by molar-refractivity contribution is 4.36. The summed E-state index contributed by atoms with van der Waals surface area (Å²) in [6.45, 7) is 1.26. The van der Waals surface area contributed by atoms with Crippen molar-refractivity contribution in [1.82, 2.24) is 0 Å². The molecule has 0 aromatic rings. The summed E-state index contributed by atoms with van der Waals surface area (Å²) in [5, 5.41) is 0. The van der Waals surface area contributed by atoms with Crippen molar-refractivity contribution in [3.63, 3.8) is 0 Å². The van der Waals surface area contributed by atoms with Gasteiger partial charge in [0.05, 0.1) is 0 Å². The third kappa shape index (κ3) is 5.55. The molecule has 0 bridgehead atoms. The molecular formula is C4H6F4O. The molecule has 1 nitrogen and oxygen atoms in total. The quantitative estimate of drug-likeness (QED) is 0.543. The smallest absolute Gasteiger partial charge is 0.257 e. The molecule has 0 aromatic carbocycles. The molecule has 0 aliphatic heterocycles. The Morgan fingerprint density at radius 3 is 2.00 bits per heavy atom. The van der Waals surface area contributed by atoms with Gasteiger partial charge in [0.25, 0.3) is 0 Å². The molecule has 0 amide bonds. The molecule has 0 rings (SSSR count). The maximum absolute atomic E-state index is 11.7. The Kier molecular flexibility index (Phi) is 2.90. The van der Waals surface area contributed by atoms with Gasteiger partial charge in [-0.25, -0.2) is 4.39 Å². The Labute approximate surface area is 49.6 Å². The van der Waals surface area contributed by atoms with Gasteiger partial charge in [-0.1, -0.05) is 6.92 Å². The van der Waals surface area contributed by atoms with Crippen molar-refractivity contribution in [2.24, 2.45) is 0 Å². The Hall–Kier alpha value is -0.320. The van der Waals surface area contributed by atoms with Gasteiger partial charge in [-0.3, -0.25) is 4.74 Å². The Bertz CT molecular complexity index is 79.1. The van der Waals surface area contributed by atoms with Crippen LogP contribution in [0.25, 0.3) is 0 Å². The second-order valence-corrected chi connectivity index (χ2v) is 1.38. The summed E-state index contributed by atoms with van der Waals surface area (Å²) in [5.41, 5.74) is 0. The van der Waals surface area contributed by atoms with E-state index in [0.29, 0.717) is 0 Å². The van der Waals surface area contributed by atoms with E-state index in [1.165, 1.54) is 6.92 Å². The monoisotopic (exact) mass is 146 g/mol. The Balaban J connectivity index is 3.47. The van der Waals surface area contributed by atoms with Crippen LogP contribution in [0.4, 0.5) is 17.6 Å². The number of rotatable bonds is 2. The van der Waals surface area contributed by atoms with Gasteiger partial charge in [-0.15, -0.1) is 13.2 Å². The Morgan fingerprint density at radius 1 is 1.44 bits per heavy atom. The van der Waals surface area contributed by atoms with Crippen LogP contribution in [0.15, 0.2) is 0 Å². The largest absolute Gasteiger partial charge is 0.525 e. The van der Waals surface area contributed by atoms with Crippen LogP contribution in [0, 0.1) is 0 Å². The van der Waals surface area contributed by atoms with Crippen molar-refractivity contribution in [3.05, 3.63) is 0 Å². The average molecular weight is 146 g/mol. The van der Waals surface area contributed by atoms with Gasteiger partial charge in [0.2, 0.25) is 6.36 Å². The predicted octanol–water partition coefficient (Wildman–Crippen LogP) is 2.23. The lowest BCUT2D eigenvalue weighted by molar-refractivity contribution is -0.360. The molecule has 56 valence electrons.